The summed E-state index contributed by atoms with van der Waals surface area (Å²) >= 11 is 5.84. The number of carboxylic acids is 1. The third kappa shape index (κ3) is 6.45. The molecule has 5 N–H and O–H groups in total. The van der Waals surface area contributed by atoms with E-state index in [1.165, 1.54) is 18.2 Å². The zero-order valence-electron chi connectivity index (χ0n) is 17.3. The molecule has 10 nitrogen and oxygen atoms in total. The Hall–Kier alpha value is -3.60. The number of benzene rings is 2. The number of nitrogens with one attached hydrogen (secondary N) is 1. The van der Waals surface area contributed by atoms with Crippen LogP contribution in [-0.2, 0) is 27.4 Å². The third-order valence-electron chi connectivity index (χ3n) is 4.75. The quantitative estimate of drug-likeness (QED) is 0.420. The third-order valence-corrected chi connectivity index (χ3v) is 4.96. The van der Waals surface area contributed by atoms with E-state index in [1.807, 2.05) is 6.07 Å². The molecule has 1 heterocycles. The number of carbonyl (C=O) groups excluding carboxylic acids is 2. The zero-order chi connectivity index (χ0) is 24.0. The molecule has 11 heteroatoms. The number of carboxylic acid groups (broad SMARTS) is 1. The van der Waals surface area contributed by atoms with Gasteiger partial charge < -0.3 is 20.7 Å². The highest BCUT2D eigenvalue weighted by Gasteiger charge is 2.31. The molecule has 1 unspecified atom stereocenters. The molecule has 0 spiro atoms. The van der Waals surface area contributed by atoms with E-state index in [0.717, 1.165) is 11.0 Å². The fourth-order valence-corrected chi connectivity index (χ4v) is 3.27. The molecule has 0 saturated carbocycles. The summed E-state index contributed by atoms with van der Waals surface area (Å²) in [5.74, 6) is -2.33. The topological polar surface area (TPSA) is 151 Å². The van der Waals surface area contributed by atoms with Gasteiger partial charge in [0.1, 0.15) is 29.7 Å². The molecule has 2 amide bonds. The number of hydroxylamine groups is 1. The molecule has 0 radical (unpaired) electrons. The average molecular weight is 476 g/mol. The van der Waals surface area contributed by atoms with Crippen molar-refractivity contribution in [2.75, 3.05) is 6.54 Å². The highest BCUT2D eigenvalue weighted by molar-refractivity contribution is 6.29. The van der Waals surface area contributed by atoms with Crippen LogP contribution >= 0.6 is 11.6 Å². The molecule has 2 aromatic carbocycles. The number of amides is 2. The van der Waals surface area contributed by atoms with Crippen molar-refractivity contribution in [1.29, 1.82) is 0 Å². The maximum Gasteiger partial charge on any atom is 0.417 e. The lowest BCUT2D eigenvalue weighted by atomic mass is 9.99. The maximum absolute atomic E-state index is 13.4. The number of imide groups is 1. The normalized spacial score (nSPS) is 15.8. The standard InChI is InChI=1S/C22H22ClN3O7/c23-19-10-16(33-25-19)11-26(22(31)32-12-13-4-2-1-3-5-13)20(28)17-9-15(27)7-6-14(17)8-18(24)21(29)30/h1-7,9-10,16,18,25,27H,8,11-12,24H2,(H,29,30)/t16?,18-/m0/s1. The van der Waals surface area contributed by atoms with Gasteiger partial charge in [0.15, 0.2) is 0 Å². The molecule has 2 aromatic rings. The van der Waals surface area contributed by atoms with E-state index in [-0.39, 0.29) is 41.6 Å². The van der Waals surface area contributed by atoms with Crippen LogP contribution in [0.5, 0.6) is 5.75 Å². The van der Waals surface area contributed by atoms with Crippen molar-refractivity contribution in [3.8, 4) is 5.75 Å². The van der Waals surface area contributed by atoms with Gasteiger partial charge in [-0.1, -0.05) is 48.0 Å². The van der Waals surface area contributed by atoms with E-state index in [4.69, 9.17) is 32.0 Å². The number of ether oxygens (including phenoxy) is 1. The Bertz CT molecular complexity index is 1060. The predicted molar refractivity (Wildman–Crippen MR) is 117 cm³/mol. The molecule has 3 rings (SSSR count). The molecular formula is C22H22ClN3O7. The van der Waals surface area contributed by atoms with Gasteiger partial charge in [0.05, 0.1) is 6.54 Å². The minimum absolute atomic E-state index is 0.0827. The van der Waals surface area contributed by atoms with Gasteiger partial charge in [-0.05, 0) is 35.8 Å². The number of nitrogens with two attached hydrogens (primary N) is 1. The molecule has 1 aliphatic rings. The van der Waals surface area contributed by atoms with Crippen LogP contribution in [0.1, 0.15) is 21.5 Å². The number of carbonyl (C=O) groups is 3. The van der Waals surface area contributed by atoms with E-state index in [0.29, 0.717) is 5.56 Å². The molecule has 0 aromatic heterocycles. The Morgan fingerprint density at radius 2 is 1.94 bits per heavy atom. The summed E-state index contributed by atoms with van der Waals surface area (Å²) in [4.78, 5) is 43.5. The number of rotatable bonds is 8. The second-order valence-electron chi connectivity index (χ2n) is 7.22. The SMILES string of the molecule is N[C@@H](Cc1ccc(O)cc1C(=O)N(CC1C=C(Cl)NO1)C(=O)OCc1ccccc1)C(=O)O. The van der Waals surface area contributed by atoms with Crippen LogP contribution in [-0.4, -0.2) is 51.8 Å². The maximum atomic E-state index is 13.4. The van der Waals surface area contributed by atoms with E-state index in [1.54, 1.807) is 24.3 Å². The Morgan fingerprint density at radius 3 is 2.58 bits per heavy atom. The first-order chi connectivity index (χ1) is 15.7. The van der Waals surface area contributed by atoms with E-state index < -0.39 is 30.1 Å². The van der Waals surface area contributed by atoms with Crippen molar-refractivity contribution in [3.63, 3.8) is 0 Å². The monoisotopic (exact) mass is 475 g/mol. The molecular weight excluding hydrogens is 454 g/mol. The molecule has 0 saturated heterocycles. The van der Waals surface area contributed by atoms with Crippen LogP contribution in [0.15, 0.2) is 59.8 Å². The van der Waals surface area contributed by atoms with Gasteiger partial charge >= 0.3 is 12.1 Å². The predicted octanol–water partition coefficient (Wildman–Crippen LogP) is 2.11. The van der Waals surface area contributed by atoms with Gasteiger partial charge in [-0.15, -0.1) is 0 Å². The number of hydrogen-bond acceptors (Lipinski definition) is 8. The molecule has 174 valence electrons. The fourth-order valence-electron chi connectivity index (χ4n) is 3.08. The first-order valence-electron chi connectivity index (χ1n) is 9.86. The summed E-state index contributed by atoms with van der Waals surface area (Å²) in [5.41, 5.74) is 8.91. The van der Waals surface area contributed by atoms with Gasteiger partial charge in [0.2, 0.25) is 0 Å². The van der Waals surface area contributed by atoms with Crippen LogP contribution in [0.2, 0.25) is 0 Å². The second kappa shape index (κ2) is 10.8. The summed E-state index contributed by atoms with van der Waals surface area (Å²) < 4.78 is 5.31. The van der Waals surface area contributed by atoms with Crippen LogP contribution in [0.25, 0.3) is 0 Å². The molecule has 2 atom stereocenters. The number of aliphatic carboxylic acids is 1. The number of aromatic hydroxyl groups is 1. The Balaban J connectivity index is 1.87. The van der Waals surface area contributed by atoms with Gasteiger partial charge in [-0.3, -0.25) is 19.9 Å². The second-order valence-corrected chi connectivity index (χ2v) is 7.63. The van der Waals surface area contributed by atoms with Crippen molar-refractivity contribution >= 4 is 29.6 Å². The van der Waals surface area contributed by atoms with Crippen LogP contribution in [0.4, 0.5) is 4.79 Å². The summed E-state index contributed by atoms with van der Waals surface area (Å²) in [6.07, 6.45) is -0.444. The van der Waals surface area contributed by atoms with E-state index in [9.17, 15) is 19.5 Å². The highest BCUT2D eigenvalue weighted by Crippen LogP contribution is 2.22. The molecule has 0 aliphatic carbocycles. The van der Waals surface area contributed by atoms with Gasteiger partial charge in [-0.25, -0.2) is 9.69 Å². The summed E-state index contributed by atoms with van der Waals surface area (Å²) in [6, 6.07) is 11.4. The van der Waals surface area contributed by atoms with E-state index in [2.05, 4.69) is 5.48 Å². The molecule has 0 bridgehead atoms. The van der Waals surface area contributed by atoms with E-state index >= 15 is 0 Å². The van der Waals surface area contributed by atoms with Crippen molar-refractivity contribution in [3.05, 3.63) is 76.5 Å². The summed E-state index contributed by atoms with van der Waals surface area (Å²) in [7, 11) is 0. The van der Waals surface area contributed by atoms with Crippen molar-refractivity contribution in [1.82, 2.24) is 10.4 Å². The first-order valence-corrected chi connectivity index (χ1v) is 10.2. The Kier molecular flexibility index (Phi) is 7.88. The minimum atomic E-state index is -1.29. The van der Waals surface area contributed by atoms with Crippen LogP contribution in [0.3, 0.4) is 0 Å². The lowest BCUT2D eigenvalue weighted by molar-refractivity contribution is -0.138. The van der Waals surface area contributed by atoms with Crippen molar-refractivity contribution in [2.24, 2.45) is 5.73 Å². The number of hydrogen-bond donors (Lipinski definition) is 4. The van der Waals surface area contributed by atoms with Crippen molar-refractivity contribution in [2.45, 2.75) is 25.2 Å². The summed E-state index contributed by atoms with van der Waals surface area (Å²) in [6.45, 7) is -0.337. The van der Waals surface area contributed by atoms with Gasteiger partial charge in [0.25, 0.3) is 5.91 Å². The summed E-state index contributed by atoms with van der Waals surface area (Å²) in [5, 5.41) is 19.2. The number of phenolic OH excluding ortho intramolecular Hbond substituents is 1. The van der Waals surface area contributed by atoms with Crippen molar-refractivity contribution < 1.29 is 34.2 Å². The highest BCUT2D eigenvalue weighted by atomic mass is 35.5. The van der Waals surface area contributed by atoms with Gasteiger partial charge in [-0.2, -0.15) is 0 Å². The minimum Gasteiger partial charge on any atom is -0.508 e. The molecule has 0 fully saturated rings. The average Bonchev–Trinajstić information content (AvgIpc) is 3.21. The number of phenols is 1. The molecule has 33 heavy (non-hydrogen) atoms. The lowest BCUT2D eigenvalue weighted by Gasteiger charge is -2.24. The Morgan fingerprint density at radius 1 is 1.21 bits per heavy atom. The lowest BCUT2D eigenvalue weighted by Crippen LogP contribution is -2.43. The van der Waals surface area contributed by atoms with Crippen LogP contribution in [0, 0.1) is 0 Å². The number of halogens is 1. The van der Waals surface area contributed by atoms with Gasteiger partial charge in [0, 0.05) is 5.56 Å². The Labute approximate surface area is 194 Å². The number of nitrogens with zero attached hydrogens (tertiary/aromatic N) is 1. The smallest absolute Gasteiger partial charge is 0.417 e. The largest absolute Gasteiger partial charge is 0.508 e. The first kappa shape index (κ1) is 24.1. The fraction of sp³-hybridized carbons (Fsp3) is 0.227. The zero-order valence-corrected chi connectivity index (χ0v) is 18.1. The van der Waals surface area contributed by atoms with Crippen LogP contribution < -0.4 is 11.2 Å². The molecule has 1 aliphatic heterocycles.